The number of aryl methyl sites for hydroxylation is 1. The lowest BCUT2D eigenvalue weighted by Crippen LogP contribution is -2.52. The molecule has 1 aliphatic rings. The van der Waals surface area contributed by atoms with Crippen LogP contribution in [0, 0.1) is 6.92 Å². The molecule has 1 saturated heterocycles. The molecule has 17 heavy (non-hydrogen) atoms. The van der Waals surface area contributed by atoms with Crippen LogP contribution in [0.5, 0.6) is 0 Å². The second kappa shape index (κ2) is 5.14. The molecular weight excluding hydrogens is 234 g/mol. The van der Waals surface area contributed by atoms with Gasteiger partial charge in [0.2, 0.25) is 5.91 Å². The van der Waals surface area contributed by atoms with Gasteiger partial charge < -0.3 is 10.6 Å². The molecule has 1 aromatic rings. The molecule has 0 bridgehead atoms. The van der Waals surface area contributed by atoms with Crippen molar-refractivity contribution in [1.82, 2.24) is 15.6 Å². The average Bonchev–Trinajstić information content (AvgIpc) is 2.95. The summed E-state index contributed by atoms with van der Waals surface area (Å²) < 4.78 is 0. The first-order valence-corrected chi connectivity index (χ1v) is 6.98. The molecule has 94 valence electrons. The summed E-state index contributed by atoms with van der Waals surface area (Å²) in [6.45, 7) is 5.51. The molecule has 0 spiro atoms. The van der Waals surface area contributed by atoms with Crippen LogP contribution in [-0.4, -0.2) is 23.0 Å². The number of hydrogen-bond acceptors (Lipinski definition) is 4. The SMILES string of the molecule is CCC1(C(=O)NCc2nc(C)cs2)CCCN1. The maximum Gasteiger partial charge on any atom is 0.240 e. The van der Waals surface area contributed by atoms with Crippen molar-refractivity contribution < 1.29 is 4.79 Å². The molecule has 0 aliphatic carbocycles. The van der Waals surface area contributed by atoms with Gasteiger partial charge in [-0.15, -0.1) is 11.3 Å². The van der Waals surface area contributed by atoms with Crippen LogP contribution >= 0.6 is 11.3 Å². The molecule has 2 N–H and O–H groups in total. The molecule has 0 radical (unpaired) electrons. The Balaban J connectivity index is 1.92. The van der Waals surface area contributed by atoms with E-state index in [4.69, 9.17) is 0 Å². The van der Waals surface area contributed by atoms with E-state index in [9.17, 15) is 4.79 Å². The van der Waals surface area contributed by atoms with Crippen LogP contribution in [0.2, 0.25) is 0 Å². The summed E-state index contributed by atoms with van der Waals surface area (Å²) in [7, 11) is 0. The maximum atomic E-state index is 12.2. The van der Waals surface area contributed by atoms with Gasteiger partial charge >= 0.3 is 0 Å². The standard InChI is InChI=1S/C12H19N3OS/c1-3-12(5-4-6-14-12)11(16)13-7-10-15-9(2)8-17-10/h8,14H,3-7H2,1-2H3,(H,13,16). The Bertz CT molecular complexity index is 396. The van der Waals surface area contributed by atoms with Gasteiger partial charge in [-0.1, -0.05) is 6.92 Å². The van der Waals surface area contributed by atoms with Crippen LogP contribution < -0.4 is 10.6 Å². The third-order valence-electron chi connectivity index (χ3n) is 3.35. The topological polar surface area (TPSA) is 54.0 Å². The molecule has 1 aromatic heterocycles. The van der Waals surface area contributed by atoms with Crippen LogP contribution in [0.4, 0.5) is 0 Å². The number of nitrogens with one attached hydrogen (secondary N) is 2. The van der Waals surface area contributed by atoms with Gasteiger partial charge in [0.25, 0.3) is 0 Å². The van der Waals surface area contributed by atoms with E-state index in [0.717, 1.165) is 36.5 Å². The zero-order valence-corrected chi connectivity index (χ0v) is 11.2. The van der Waals surface area contributed by atoms with Crippen LogP contribution in [0.15, 0.2) is 5.38 Å². The summed E-state index contributed by atoms with van der Waals surface area (Å²) in [6, 6.07) is 0. The van der Waals surface area contributed by atoms with Gasteiger partial charge in [-0.05, 0) is 32.7 Å². The number of hydrogen-bond donors (Lipinski definition) is 2. The minimum Gasteiger partial charge on any atom is -0.348 e. The van der Waals surface area contributed by atoms with Crippen LogP contribution in [-0.2, 0) is 11.3 Å². The van der Waals surface area contributed by atoms with Crippen molar-refractivity contribution in [2.75, 3.05) is 6.54 Å². The molecule has 1 atom stereocenters. The van der Waals surface area contributed by atoms with E-state index >= 15 is 0 Å². The molecule has 2 rings (SSSR count). The second-order valence-corrected chi connectivity index (χ2v) is 5.47. The van der Waals surface area contributed by atoms with Crippen LogP contribution in [0.25, 0.3) is 0 Å². The first kappa shape index (κ1) is 12.5. The van der Waals surface area contributed by atoms with E-state index in [-0.39, 0.29) is 11.4 Å². The quantitative estimate of drug-likeness (QED) is 0.857. The summed E-state index contributed by atoms with van der Waals surface area (Å²) in [6.07, 6.45) is 2.86. The smallest absolute Gasteiger partial charge is 0.240 e. The molecule has 4 nitrogen and oxygen atoms in total. The van der Waals surface area contributed by atoms with Crippen LogP contribution in [0.1, 0.15) is 36.9 Å². The van der Waals surface area contributed by atoms with Gasteiger partial charge in [0.1, 0.15) is 5.01 Å². The number of aromatic nitrogens is 1. The number of carbonyl (C=O) groups is 1. The van der Waals surface area contributed by atoms with Crippen molar-refractivity contribution in [2.24, 2.45) is 0 Å². The van der Waals surface area contributed by atoms with E-state index in [1.807, 2.05) is 12.3 Å². The lowest BCUT2D eigenvalue weighted by Gasteiger charge is -2.26. The van der Waals surface area contributed by atoms with Gasteiger partial charge in [0.05, 0.1) is 12.1 Å². The maximum absolute atomic E-state index is 12.2. The van der Waals surface area contributed by atoms with Gasteiger partial charge in [-0.25, -0.2) is 4.98 Å². The fraction of sp³-hybridized carbons (Fsp3) is 0.667. The normalized spacial score (nSPS) is 23.9. The van der Waals surface area contributed by atoms with E-state index < -0.39 is 0 Å². The Labute approximate surface area is 106 Å². The average molecular weight is 253 g/mol. The van der Waals surface area contributed by atoms with Crippen molar-refractivity contribution in [3.8, 4) is 0 Å². The minimum absolute atomic E-state index is 0.116. The van der Waals surface area contributed by atoms with E-state index in [1.54, 1.807) is 11.3 Å². The lowest BCUT2D eigenvalue weighted by molar-refractivity contribution is -0.127. The molecule has 1 fully saturated rings. The van der Waals surface area contributed by atoms with Crippen molar-refractivity contribution >= 4 is 17.2 Å². The van der Waals surface area contributed by atoms with Crippen molar-refractivity contribution in [1.29, 1.82) is 0 Å². The number of carbonyl (C=O) groups excluding carboxylic acids is 1. The predicted molar refractivity (Wildman–Crippen MR) is 69.0 cm³/mol. The highest BCUT2D eigenvalue weighted by Crippen LogP contribution is 2.23. The fourth-order valence-electron chi connectivity index (χ4n) is 2.27. The number of amides is 1. The zero-order chi connectivity index (χ0) is 12.3. The highest BCUT2D eigenvalue weighted by Gasteiger charge is 2.38. The van der Waals surface area contributed by atoms with Gasteiger partial charge in [0, 0.05) is 11.1 Å². The highest BCUT2D eigenvalue weighted by molar-refractivity contribution is 7.09. The summed E-state index contributed by atoms with van der Waals surface area (Å²) in [5.74, 6) is 0.116. The molecule has 0 aromatic carbocycles. The zero-order valence-electron chi connectivity index (χ0n) is 10.4. The summed E-state index contributed by atoms with van der Waals surface area (Å²) in [4.78, 5) is 16.5. The number of rotatable bonds is 4. The Morgan fingerprint density at radius 3 is 3.06 bits per heavy atom. The van der Waals surface area contributed by atoms with Gasteiger partial charge in [-0.3, -0.25) is 4.79 Å². The van der Waals surface area contributed by atoms with E-state index in [0.29, 0.717) is 6.54 Å². The highest BCUT2D eigenvalue weighted by atomic mass is 32.1. The molecule has 1 unspecified atom stereocenters. The number of thiazole rings is 1. The second-order valence-electron chi connectivity index (χ2n) is 4.53. The molecule has 0 saturated carbocycles. The van der Waals surface area contributed by atoms with Crippen molar-refractivity contribution in [2.45, 2.75) is 45.2 Å². The Hall–Kier alpha value is -0.940. The number of nitrogens with zero attached hydrogens (tertiary/aromatic N) is 1. The van der Waals surface area contributed by atoms with Crippen molar-refractivity contribution in [3.05, 3.63) is 16.1 Å². The first-order chi connectivity index (χ1) is 8.16. The third kappa shape index (κ3) is 2.66. The lowest BCUT2D eigenvalue weighted by atomic mass is 9.93. The van der Waals surface area contributed by atoms with Gasteiger partial charge in [0.15, 0.2) is 0 Å². The minimum atomic E-state index is -0.341. The first-order valence-electron chi connectivity index (χ1n) is 6.10. The van der Waals surface area contributed by atoms with Gasteiger partial charge in [-0.2, -0.15) is 0 Å². The Morgan fingerprint density at radius 1 is 1.71 bits per heavy atom. The monoisotopic (exact) mass is 253 g/mol. The summed E-state index contributed by atoms with van der Waals surface area (Å²) in [5.41, 5.74) is 0.676. The molecule has 1 aliphatic heterocycles. The van der Waals surface area contributed by atoms with Crippen molar-refractivity contribution in [3.63, 3.8) is 0 Å². The van der Waals surface area contributed by atoms with E-state index in [1.165, 1.54) is 0 Å². The molecule has 5 heteroatoms. The Kier molecular flexibility index (Phi) is 3.79. The third-order valence-corrected chi connectivity index (χ3v) is 4.32. The largest absolute Gasteiger partial charge is 0.348 e. The van der Waals surface area contributed by atoms with E-state index in [2.05, 4.69) is 22.5 Å². The molecule has 1 amide bonds. The predicted octanol–water partition coefficient (Wildman–Crippen LogP) is 1.60. The molecular formula is C12H19N3OS. The molecule has 2 heterocycles. The fourth-order valence-corrected chi connectivity index (χ4v) is 2.98. The Morgan fingerprint density at radius 2 is 2.53 bits per heavy atom. The summed E-state index contributed by atoms with van der Waals surface area (Å²) >= 11 is 1.59. The van der Waals surface area contributed by atoms with Crippen LogP contribution in [0.3, 0.4) is 0 Å². The summed E-state index contributed by atoms with van der Waals surface area (Å²) in [5, 5.41) is 9.30.